The van der Waals surface area contributed by atoms with Crippen LogP contribution in [0.2, 0.25) is 0 Å². The van der Waals surface area contributed by atoms with Gasteiger partial charge in [0.15, 0.2) is 5.76 Å². The highest BCUT2D eigenvalue weighted by molar-refractivity contribution is 6.10. The highest BCUT2D eigenvalue weighted by Gasteiger charge is 2.22. The Morgan fingerprint density at radius 1 is 1.26 bits per heavy atom. The van der Waals surface area contributed by atoms with Crippen LogP contribution in [0.3, 0.4) is 0 Å². The number of ketones is 1. The number of carboxylic acid groups (broad SMARTS) is 1. The second-order valence-corrected chi connectivity index (χ2v) is 4.09. The van der Waals surface area contributed by atoms with Crippen molar-refractivity contribution in [2.75, 3.05) is 7.11 Å². The first kappa shape index (κ1) is 14.7. The number of rotatable bonds is 6. The predicted molar refractivity (Wildman–Crippen MR) is 71.6 cm³/mol. The van der Waals surface area contributed by atoms with Gasteiger partial charge in [0.05, 0.1) is 12.7 Å². The molecule has 0 aromatic heterocycles. The highest BCUT2D eigenvalue weighted by Crippen LogP contribution is 2.16. The highest BCUT2D eigenvalue weighted by atomic mass is 16.5. The van der Waals surface area contributed by atoms with E-state index < -0.39 is 11.8 Å². The van der Waals surface area contributed by atoms with Gasteiger partial charge in [0.1, 0.15) is 0 Å². The van der Waals surface area contributed by atoms with Gasteiger partial charge < -0.3 is 9.84 Å². The van der Waals surface area contributed by atoms with Crippen LogP contribution in [-0.4, -0.2) is 24.0 Å². The van der Waals surface area contributed by atoms with Crippen molar-refractivity contribution in [1.29, 1.82) is 0 Å². The van der Waals surface area contributed by atoms with Crippen molar-refractivity contribution < 1.29 is 19.4 Å². The molecule has 0 amide bonds. The van der Waals surface area contributed by atoms with E-state index in [9.17, 15) is 14.7 Å². The van der Waals surface area contributed by atoms with E-state index in [1.165, 1.54) is 14.0 Å². The summed E-state index contributed by atoms with van der Waals surface area (Å²) in [6.07, 6.45) is 0.123. The minimum Gasteiger partial charge on any atom is -0.492 e. The summed E-state index contributed by atoms with van der Waals surface area (Å²) >= 11 is 0. The first-order chi connectivity index (χ1) is 8.97. The number of hydrogen-bond acceptors (Lipinski definition) is 3. The van der Waals surface area contributed by atoms with Gasteiger partial charge in [-0.2, -0.15) is 0 Å². The molecule has 1 N–H and O–H groups in total. The zero-order valence-electron chi connectivity index (χ0n) is 11.0. The van der Waals surface area contributed by atoms with Gasteiger partial charge >= 0.3 is 5.97 Å². The molecule has 1 rings (SSSR count). The van der Waals surface area contributed by atoms with E-state index >= 15 is 0 Å². The lowest BCUT2D eigenvalue weighted by atomic mass is 10.0. The third-order valence-electron chi connectivity index (χ3n) is 2.55. The molecule has 19 heavy (non-hydrogen) atoms. The lowest BCUT2D eigenvalue weighted by Crippen LogP contribution is -2.15. The molecule has 0 fully saturated rings. The van der Waals surface area contributed by atoms with E-state index in [1.807, 2.05) is 18.2 Å². The van der Waals surface area contributed by atoms with Crippen LogP contribution in [0.25, 0.3) is 0 Å². The van der Waals surface area contributed by atoms with Gasteiger partial charge in [0, 0.05) is 6.42 Å². The van der Waals surface area contributed by atoms with E-state index in [0.29, 0.717) is 0 Å². The summed E-state index contributed by atoms with van der Waals surface area (Å²) in [4.78, 5) is 23.2. The van der Waals surface area contributed by atoms with Gasteiger partial charge in [0.25, 0.3) is 0 Å². The largest absolute Gasteiger partial charge is 0.492 e. The van der Waals surface area contributed by atoms with E-state index in [4.69, 9.17) is 4.74 Å². The Bertz CT molecular complexity index is 526. The number of aliphatic carboxylic acids is 1. The molecule has 1 aromatic rings. The first-order valence-corrected chi connectivity index (χ1v) is 5.72. The van der Waals surface area contributed by atoms with E-state index in [-0.39, 0.29) is 23.3 Å². The quantitative estimate of drug-likeness (QED) is 0.630. The van der Waals surface area contributed by atoms with Crippen molar-refractivity contribution in [1.82, 2.24) is 0 Å². The number of ether oxygens (including phenoxy) is 1. The molecule has 0 aliphatic rings. The lowest BCUT2D eigenvalue weighted by Gasteiger charge is -2.10. The molecule has 1 aromatic carbocycles. The number of allylic oxidation sites excluding steroid dienone is 1. The topological polar surface area (TPSA) is 63.6 Å². The molecule has 0 saturated carbocycles. The SMILES string of the molecule is C=C(C)C(=O)C(OC)=C(Cc1ccccc1)C(=O)O. The van der Waals surface area contributed by atoms with Crippen LogP contribution in [0, 0.1) is 0 Å². The zero-order chi connectivity index (χ0) is 14.4. The van der Waals surface area contributed by atoms with Gasteiger partial charge in [-0.05, 0) is 18.1 Å². The maximum atomic E-state index is 11.9. The maximum Gasteiger partial charge on any atom is 0.335 e. The Hall–Kier alpha value is -2.36. The van der Waals surface area contributed by atoms with E-state index in [1.54, 1.807) is 12.1 Å². The van der Waals surface area contributed by atoms with Crippen LogP contribution in [0.1, 0.15) is 12.5 Å². The maximum absolute atomic E-state index is 11.9. The summed E-state index contributed by atoms with van der Waals surface area (Å²) < 4.78 is 4.96. The van der Waals surface area contributed by atoms with Crippen LogP contribution in [-0.2, 0) is 20.7 Å². The summed E-state index contributed by atoms with van der Waals surface area (Å²) in [6.45, 7) is 5.03. The first-order valence-electron chi connectivity index (χ1n) is 5.72. The smallest absolute Gasteiger partial charge is 0.335 e. The Labute approximate surface area is 112 Å². The monoisotopic (exact) mass is 260 g/mol. The summed E-state index contributed by atoms with van der Waals surface area (Å²) in [5, 5.41) is 9.25. The average molecular weight is 260 g/mol. The van der Waals surface area contributed by atoms with E-state index in [2.05, 4.69) is 6.58 Å². The molecular formula is C15H16O4. The van der Waals surface area contributed by atoms with Gasteiger partial charge in [-0.1, -0.05) is 36.9 Å². The fraction of sp³-hybridized carbons (Fsp3) is 0.200. The van der Waals surface area contributed by atoms with Crippen LogP contribution < -0.4 is 0 Å². The molecule has 4 heteroatoms. The fourth-order valence-corrected chi connectivity index (χ4v) is 1.60. The molecular weight excluding hydrogens is 244 g/mol. The van der Waals surface area contributed by atoms with Gasteiger partial charge in [-0.3, -0.25) is 4.79 Å². The van der Waals surface area contributed by atoms with Crippen LogP contribution in [0.5, 0.6) is 0 Å². The second kappa shape index (κ2) is 6.54. The Kier molecular flexibility index (Phi) is 5.06. The van der Waals surface area contributed by atoms with Crippen LogP contribution in [0.15, 0.2) is 53.8 Å². The number of carbonyl (C=O) groups excluding carboxylic acids is 1. The summed E-state index contributed by atoms with van der Waals surface area (Å²) in [5.74, 6) is -1.82. The molecule has 0 atom stereocenters. The number of Topliss-reactive ketones (excluding diaryl/α,β-unsaturated/α-hetero) is 1. The Morgan fingerprint density at radius 3 is 2.26 bits per heavy atom. The fourth-order valence-electron chi connectivity index (χ4n) is 1.60. The Balaban J connectivity index is 3.21. The molecule has 0 saturated heterocycles. The number of benzene rings is 1. The summed E-state index contributed by atoms with van der Waals surface area (Å²) in [6, 6.07) is 9.04. The normalized spacial score (nSPS) is 11.5. The minimum absolute atomic E-state index is 0.0679. The molecule has 0 aliphatic carbocycles. The standard InChI is InChI=1S/C15H16O4/c1-10(2)13(16)14(19-3)12(15(17)18)9-11-7-5-4-6-8-11/h4-8H,1,9H2,2-3H3,(H,17,18). The zero-order valence-corrected chi connectivity index (χ0v) is 11.0. The van der Waals surface area contributed by atoms with Crippen molar-refractivity contribution in [3.8, 4) is 0 Å². The molecule has 100 valence electrons. The molecule has 0 aliphatic heterocycles. The minimum atomic E-state index is -1.17. The summed E-state index contributed by atoms with van der Waals surface area (Å²) in [7, 11) is 1.28. The number of methoxy groups -OCH3 is 1. The van der Waals surface area contributed by atoms with Crippen molar-refractivity contribution in [3.63, 3.8) is 0 Å². The second-order valence-electron chi connectivity index (χ2n) is 4.09. The number of carboxylic acids is 1. The third kappa shape index (κ3) is 3.81. The van der Waals surface area contributed by atoms with E-state index in [0.717, 1.165) is 5.56 Å². The molecule has 4 nitrogen and oxygen atoms in total. The van der Waals surface area contributed by atoms with Gasteiger partial charge in [-0.15, -0.1) is 0 Å². The molecule has 0 spiro atoms. The number of hydrogen-bond donors (Lipinski definition) is 1. The van der Waals surface area contributed by atoms with Crippen LogP contribution in [0.4, 0.5) is 0 Å². The molecule has 0 heterocycles. The molecule has 0 bridgehead atoms. The molecule has 0 unspecified atom stereocenters. The van der Waals surface area contributed by atoms with Crippen molar-refractivity contribution in [3.05, 3.63) is 59.4 Å². The van der Waals surface area contributed by atoms with Crippen molar-refractivity contribution in [2.45, 2.75) is 13.3 Å². The molecule has 0 radical (unpaired) electrons. The predicted octanol–water partition coefficient (Wildman–Crippen LogP) is 2.36. The number of carbonyl (C=O) groups is 2. The van der Waals surface area contributed by atoms with Crippen LogP contribution >= 0.6 is 0 Å². The third-order valence-corrected chi connectivity index (χ3v) is 2.55. The lowest BCUT2D eigenvalue weighted by molar-refractivity contribution is -0.133. The average Bonchev–Trinajstić information content (AvgIpc) is 2.39. The van der Waals surface area contributed by atoms with Gasteiger partial charge in [-0.25, -0.2) is 4.79 Å². The van der Waals surface area contributed by atoms with Crippen molar-refractivity contribution in [2.24, 2.45) is 0 Å². The van der Waals surface area contributed by atoms with Gasteiger partial charge in [0.2, 0.25) is 5.78 Å². The van der Waals surface area contributed by atoms with Crippen molar-refractivity contribution >= 4 is 11.8 Å². The Morgan fingerprint density at radius 2 is 1.84 bits per heavy atom. The summed E-state index contributed by atoms with van der Waals surface area (Å²) in [5.41, 5.74) is 0.967.